The summed E-state index contributed by atoms with van der Waals surface area (Å²) in [4.78, 5) is 16.7. The fourth-order valence-electron chi connectivity index (χ4n) is 3.07. The highest BCUT2D eigenvalue weighted by Crippen LogP contribution is 2.32. The largest absolute Gasteiger partial charge is 0.325 e. The third kappa shape index (κ3) is 3.99. The number of amides is 1. The number of anilines is 1. The number of halogens is 1. The van der Waals surface area contributed by atoms with Gasteiger partial charge in [0.25, 0.3) is 0 Å². The summed E-state index contributed by atoms with van der Waals surface area (Å²) in [5.74, 6) is -0.408. The molecule has 128 valence electrons. The molecule has 6 heteroatoms. The first-order chi connectivity index (χ1) is 12.1. The summed E-state index contributed by atoms with van der Waals surface area (Å²) in [6.45, 7) is 1.97. The Bertz CT molecular complexity index is 843. The Hall–Kier alpha value is -2.39. The van der Waals surface area contributed by atoms with Crippen LogP contribution < -0.4 is 5.32 Å². The van der Waals surface area contributed by atoms with Gasteiger partial charge in [-0.2, -0.15) is 5.26 Å². The van der Waals surface area contributed by atoms with Crippen LogP contribution in [0.3, 0.4) is 0 Å². The predicted octanol–water partition coefficient (Wildman–Crippen LogP) is 4.01. The maximum Gasteiger partial charge on any atom is 0.234 e. The molecular formula is C19H18FN3OS. The minimum absolute atomic E-state index is 0.150. The highest BCUT2D eigenvalue weighted by molar-refractivity contribution is 8.00. The maximum absolute atomic E-state index is 12.9. The van der Waals surface area contributed by atoms with Crippen molar-refractivity contribution in [2.75, 3.05) is 11.1 Å². The van der Waals surface area contributed by atoms with Crippen molar-refractivity contribution in [2.45, 2.75) is 37.6 Å². The minimum atomic E-state index is -0.347. The Labute approximate surface area is 150 Å². The number of fused-ring (bicyclic) bond motifs is 1. The number of aryl methyl sites for hydroxylation is 1. The summed E-state index contributed by atoms with van der Waals surface area (Å²) in [7, 11) is 0. The highest BCUT2D eigenvalue weighted by atomic mass is 32.2. The van der Waals surface area contributed by atoms with E-state index in [4.69, 9.17) is 0 Å². The van der Waals surface area contributed by atoms with E-state index in [1.165, 1.54) is 41.6 Å². The van der Waals surface area contributed by atoms with E-state index in [9.17, 15) is 14.4 Å². The lowest BCUT2D eigenvalue weighted by Gasteiger charge is -2.20. The summed E-state index contributed by atoms with van der Waals surface area (Å²) in [5.41, 5.74) is 4.41. The maximum atomic E-state index is 12.9. The van der Waals surface area contributed by atoms with Gasteiger partial charge >= 0.3 is 0 Å². The Kier molecular flexibility index (Phi) is 5.34. The van der Waals surface area contributed by atoms with Crippen LogP contribution in [0.5, 0.6) is 0 Å². The first-order valence-electron chi connectivity index (χ1n) is 8.19. The van der Waals surface area contributed by atoms with E-state index >= 15 is 0 Å². The van der Waals surface area contributed by atoms with Gasteiger partial charge in [0.2, 0.25) is 5.91 Å². The van der Waals surface area contributed by atoms with Crippen LogP contribution in [0.2, 0.25) is 0 Å². The second-order valence-electron chi connectivity index (χ2n) is 6.00. The van der Waals surface area contributed by atoms with Gasteiger partial charge in [-0.1, -0.05) is 11.8 Å². The van der Waals surface area contributed by atoms with Gasteiger partial charge < -0.3 is 5.32 Å². The first-order valence-corrected chi connectivity index (χ1v) is 9.17. The molecule has 0 saturated heterocycles. The number of hydrogen-bond donors (Lipinski definition) is 1. The number of nitrogens with zero attached hydrogens (tertiary/aromatic N) is 2. The zero-order valence-corrected chi connectivity index (χ0v) is 14.8. The van der Waals surface area contributed by atoms with Crippen LogP contribution in [-0.4, -0.2) is 16.6 Å². The van der Waals surface area contributed by atoms with Crippen molar-refractivity contribution in [1.82, 2.24) is 4.98 Å². The zero-order chi connectivity index (χ0) is 17.8. The molecule has 0 unspecified atom stereocenters. The lowest BCUT2D eigenvalue weighted by Crippen LogP contribution is -2.15. The molecule has 1 N–H and O–H groups in total. The second-order valence-corrected chi connectivity index (χ2v) is 6.96. The van der Waals surface area contributed by atoms with E-state index in [1.807, 2.05) is 6.92 Å². The minimum Gasteiger partial charge on any atom is -0.325 e. The van der Waals surface area contributed by atoms with Crippen LogP contribution in [0.25, 0.3) is 0 Å². The van der Waals surface area contributed by atoms with Crippen LogP contribution >= 0.6 is 11.8 Å². The SMILES string of the molecule is Cc1nc(SCC(=O)Nc2ccc(F)cc2)c(C#N)c2c1CCCC2. The summed E-state index contributed by atoms with van der Waals surface area (Å²) in [6, 6.07) is 7.89. The molecule has 0 fully saturated rings. The monoisotopic (exact) mass is 355 g/mol. The Morgan fingerprint density at radius 2 is 1.96 bits per heavy atom. The number of aromatic nitrogens is 1. The molecule has 3 rings (SSSR count). The molecule has 1 aliphatic carbocycles. The molecule has 4 nitrogen and oxygen atoms in total. The van der Waals surface area contributed by atoms with Crippen molar-refractivity contribution >= 4 is 23.4 Å². The second kappa shape index (κ2) is 7.66. The van der Waals surface area contributed by atoms with Gasteiger partial charge in [-0.25, -0.2) is 9.37 Å². The summed E-state index contributed by atoms with van der Waals surface area (Å²) in [5, 5.41) is 12.9. The molecule has 0 aliphatic heterocycles. The average molecular weight is 355 g/mol. The number of nitriles is 1. The van der Waals surface area contributed by atoms with E-state index in [1.54, 1.807) is 0 Å². The number of thioether (sulfide) groups is 1. The smallest absolute Gasteiger partial charge is 0.234 e. The molecule has 1 aliphatic rings. The molecular weight excluding hydrogens is 337 g/mol. The van der Waals surface area contributed by atoms with Gasteiger partial charge in [-0.05, 0) is 68.0 Å². The molecule has 1 aromatic heterocycles. The first kappa shape index (κ1) is 17.4. The van der Waals surface area contributed by atoms with Crippen LogP contribution in [0, 0.1) is 24.1 Å². The summed E-state index contributed by atoms with van der Waals surface area (Å²) < 4.78 is 12.9. The zero-order valence-electron chi connectivity index (χ0n) is 13.9. The molecule has 0 saturated carbocycles. The molecule has 0 atom stereocenters. The normalized spacial score (nSPS) is 13.0. The van der Waals surface area contributed by atoms with Crippen molar-refractivity contribution in [2.24, 2.45) is 0 Å². The lowest BCUT2D eigenvalue weighted by molar-refractivity contribution is -0.113. The number of benzene rings is 1. The number of rotatable bonds is 4. The van der Waals surface area contributed by atoms with Gasteiger partial charge in [0.15, 0.2) is 0 Å². The van der Waals surface area contributed by atoms with E-state index in [2.05, 4.69) is 16.4 Å². The summed E-state index contributed by atoms with van der Waals surface area (Å²) >= 11 is 1.27. The molecule has 0 spiro atoms. The molecule has 1 aromatic carbocycles. The van der Waals surface area contributed by atoms with Gasteiger partial charge in [0, 0.05) is 11.4 Å². The highest BCUT2D eigenvalue weighted by Gasteiger charge is 2.21. The molecule has 0 radical (unpaired) electrons. The van der Waals surface area contributed by atoms with Crippen LogP contribution in [0.1, 0.15) is 35.2 Å². The van der Waals surface area contributed by atoms with Crippen molar-refractivity contribution in [3.05, 3.63) is 52.5 Å². The fourth-order valence-corrected chi connectivity index (χ4v) is 3.92. The van der Waals surface area contributed by atoms with Crippen molar-refractivity contribution in [3.63, 3.8) is 0 Å². The van der Waals surface area contributed by atoms with Crippen LogP contribution in [-0.2, 0) is 17.6 Å². The van der Waals surface area contributed by atoms with E-state index in [0.717, 1.165) is 36.9 Å². The summed E-state index contributed by atoms with van der Waals surface area (Å²) in [6.07, 6.45) is 4.09. The Balaban J connectivity index is 1.72. The van der Waals surface area contributed by atoms with E-state index < -0.39 is 0 Å². The van der Waals surface area contributed by atoms with Crippen LogP contribution in [0.15, 0.2) is 29.3 Å². The number of carbonyl (C=O) groups excluding carboxylic acids is 1. The third-order valence-electron chi connectivity index (χ3n) is 4.27. The third-order valence-corrected chi connectivity index (χ3v) is 5.24. The molecule has 1 heterocycles. The Morgan fingerprint density at radius 1 is 1.28 bits per heavy atom. The van der Waals surface area contributed by atoms with Gasteiger partial charge in [0.05, 0.1) is 11.3 Å². The standard InChI is InChI=1S/C19H18FN3OS/c1-12-15-4-2-3-5-16(15)17(10-21)19(22-12)25-11-18(24)23-14-8-6-13(20)7-9-14/h6-9H,2-5,11H2,1H3,(H,23,24). The average Bonchev–Trinajstić information content (AvgIpc) is 2.62. The van der Waals surface area contributed by atoms with Gasteiger partial charge in [0.1, 0.15) is 16.9 Å². The topological polar surface area (TPSA) is 65.8 Å². The fraction of sp³-hybridized carbons (Fsp3) is 0.316. The van der Waals surface area contributed by atoms with E-state index in [-0.39, 0.29) is 17.5 Å². The molecule has 0 bridgehead atoms. The number of carbonyl (C=O) groups is 1. The predicted molar refractivity (Wildman–Crippen MR) is 96.1 cm³/mol. The van der Waals surface area contributed by atoms with Gasteiger partial charge in [-0.3, -0.25) is 4.79 Å². The van der Waals surface area contributed by atoms with E-state index in [0.29, 0.717) is 16.3 Å². The molecule has 2 aromatic rings. The Morgan fingerprint density at radius 3 is 2.64 bits per heavy atom. The van der Waals surface area contributed by atoms with Crippen LogP contribution in [0.4, 0.5) is 10.1 Å². The van der Waals surface area contributed by atoms with Crippen molar-refractivity contribution < 1.29 is 9.18 Å². The number of hydrogen-bond acceptors (Lipinski definition) is 4. The lowest BCUT2D eigenvalue weighted by atomic mass is 9.88. The van der Waals surface area contributed by atoms with Crippen molar-refractivity contribution in [3.8, 4) is 6.07 Å². The number of pyridine rings is 1. The van der Waals surface area contributed by atoms with Crippen molar-refractivity contribution in [1.29, 1.82) is 5.26 Å². The molecule has 1 amide bonds. The number of nitrogens with one attached hydrogen (secondary N) is 1. The quantitative estimate of drug-likeness (QED) is 0.842. The van der Waals surface area contributed by atoms with Gasteiger partial charge in [-0.15, -0.1) is 0 Å². The molecule has 25 heavy (non-hydrogen) atoms.